The lowest BCUT2D eigenvalue weighted by molar-refractivity contribution is -0.141. The van der Waals surface area contributed by atoms with Crippen LogP contribution in [0, 0.1) is 12.8 Å². The van der Waals surface area contributed by atoms with Crippen LogP contribution in [-0.4, -0.2) is 16.1 Å². The van der Waals surface area contributed by atoms with Gasteiger partial charge in [0.05, 0.1) is 5.92 Å². The van der Waals surface area contributed by atoms with E-state index in [1.165, 1.54) is 0 Å². The van der Waals surface area contributed by atoms with Crippen molar-refractivity contribution < 1.29 is 9.90 Å². The fraction of sp³-hybridized carbons (Fsp3) is 0.294. The minimum Gasteiger partial charge on any atom is -0.481 e. The van der Waals surface area contributed by atoms with E-state index >= 15 is 0 Å². The van der Waals surface area contributed by atoms with Gasteiger partial charge in [0.1, 0.15) is 0 Å². The van der Waals surface area contributed by atoms with Crippen LogP contribution in [-0.2, 0) is 17.6 Å². The molecule has 20 heavy (non-hydrogen) atoms. The van der Waals surface area contributed by atoms with E-state index in [1.54, 1.807) is 6.20 Å². The molecule has 2 aromatic rings. The van der Waals surface area contributed by atoms with Gasteiger partial charge in [0.2, 0.25) is 0 Å². The van der Waals surface area contributed by atoms with E-state index in [-0.39, 0.29) is 5.92 Å². The molecule has 0 saturated heterocycles. The Morgan fingerprint density at radius 3 is 2.60 bits per heavy atom. The van der Waals surface area contributed by atoms with Crippen LogP contribution in [0.5, 0.6) is 0 Å². The summed E-state index contributed by atoms with van der Waals surface area (Å²) in [6, 6.07) is 13.7. The number of aliphatic carboxylic acids is 1. The molecule has 1 heterocycles. The van der Waals surface area contributed by atoms with Gasteiger partial charge in [-0.15, -0.1) is 0 Å². The summed E-state index contributed by atoms with van der Waals surface area (Å²) in [6.45, 7) is 2.02. The van der Waals surface area contributed by atoms with Crippen molar-refractivity contribution in [2.75, 3.05) is 0 Å². The summed E-state index contributed by atoms with van der Waals surface area (Å²) in [7, 11) is 0. The molecule has 1 N–H and O–H groups in total. The van der Waals surface area contributed by atoms with Gasteiger partial charge in [0.25, 0.3) is 0 Å². The molecule has 0 bridgehead atoms. The van der Waals surface area contributed by atoms with E-state index in [9.17, 15) is 9.90 Å². The van der Waals surface area contributed by atoms with Gasteiger partial charge in [0, 0.05) is 11.9 Å². The zero-order chi connectivity index (χ0) is 14.4. The second kappa shape index (κ2) is 6.85. The van der Waals surface area contributed by atoms with Crippen molar-refractivity contribution in [3.63, 3.8) is 0 Å². The number of aryl methyl sites for hydroxylation is 2. The highest BCUT2D eigenvalue weighted by atomic mass is 16.4. The lowest BCUT2D eigenvalue weighted by Crippen LogP contribution is -2.18. The van der Waals surface area contributed by atoms with E-state index in [4.69, 9.17) is 0 Å². The predicted octanol–water partition coefficient (Wildman–Crippen LogP) is 3.27. The number of rotatable bonds is 6. The van der Waals surface area contributed by atoms with Crippen molar-refractivity contribution in [1.29, 1.82) is 0 Å². The highest BCUT2D eigenvalue weighted by Crippen LogP contribution is 2.18. The third-order valence-corrected chi connectivity index (χ3v) is 3.55. The third-order valence-electron chi connectivity index (χ3n) is 3.55. The van der Waals surface area contributed by atoms with Gasteiger partial charge in [0.15, 0.2) is 0 Å². The summed E-state index contributed by atoms with van der Waals surface area (Å²) >= 11 is 0. The largest absolute Gasteiger partial charge is 0.481 e. The molecule has 104 valence electrons. The Hall–Kier alpha value is -2.16. The molecule has 0 radical (unpaired) electrons. The molecule has 0 amide bonds. The number of aromatic nitrogens is 1. The number of carbonyl (C=O) groups is 1. The van der Waals surface area contributed by atoms with Crippen LogP contribution in [0.25, 0.3) is 0 Å². The maximum Gasteiger partial charge on any atom is 0.306 e. The van der Waals surface area contributed by atoms with Gasteiger partial charge >= 0.3 is 5.97 Å². The van der Waals surface area contributed by atoms with Crippen LogP contribution >= 0.6 is 0 Å². The van der Waals surface area contributed by atoms with Crippen molar-refractivity contribution in [2.45, 2.75) is 26.2 Å². The summed E-state index contributed by atoms with van der Waals surface area (Å²) < 4.78 is 0. The molecule has 0 saturated carbocycles. The van der Waals surface area contributed by atoms with E-state index in [0.29, 0.717) is 19.3 Å². The predicted molar refractivity (Wildman–Crippen MR) is 78.6 cm³/mol. The third kappa shape index (κ3) is 3.92. The molecular weight excluding hydrogens is 250 g/mol. The molecule has 0 aliphatic heterocycles. The Bertz CT molecular complexity index is 566. The minimum absolute atomic E-state index is 0.363. The Balaban J connectivity index is 2.01. The van der Waals surface area contributed by atoms with E-state index < -0.39 is 5.97 Å². The lowest BCUT2D eigenvalue weighted by atomic mass is 9.92. The van der Waals surface area contributed by atoms with Gasteiger partial charge in [-0.3, -0.25) is 9.78 Å². The highest BCUT2D eigenvalue weighted by molar-refractivity contribution is 5.70. The van der Waals surface area contributed by atoms with Gasteiger partial charge in [-0.05, 0) is 49.4 Å². The first kappa shape index (κ1) is 14.3. The highest BCUT2D eigenvalue weighted by Gasteiger charge is 2.18. The quantitative estimate of drug-likeness (QED) is 0.875. The second-order valence-electron chi connectivity index (χ2n) is 5.03. The molecule has 1 atom stereocenters. The fourth-order valence-electron chi connectivity index (χ4n) is 2.29. The summed E-state index contributed by atoms with van der Waals surface area (Å²) in [5.41, 5.74) is 3.21. The topological polar surface area (TPSA) is 50.2 Å². The van der Waals surface area contributed by atoms with Crippen LogP contribution in [0.2, 0.25) is 0 Å². The number of pyridine rings is 1. The molecular formula is C17H19NO2. The molecule has 0 spiro atoms. The zero-order valence-corrected chi connectivity index (χ0v) is 11.6. The van der Waals surface area contributed by atoms with Crippen molar-refractivity contribution in [1.82, 2.24) is 4.98 Å². The number of hydrogen-bond donors (Lipinski definition) is 1. The second-order valence-corrected chi connectivity index (χ2v) is 5.03. The van der Waals surface area contributed by atoms with Gasteiger partial charge < -0.3 is 5.11 Å². The van der Waals surface area contributed by atoms with Crippen LogP contribution in [0.1, 0.15) is 23.2 Å². The zero-order valence-electron chi connectivity index (χ0n) is 11.6. The lowest BCUT2D eigenvalue weighted by Gasteiger charge is -2.13. The molecule has 1 aromatic heterocycles. The summed E-state index contributed by atoms with van der Waals surface area (Å²) in [6.07, 6.45) is 3.63. The molecule has 1 aromatic carbocycles. The Labute approximate surface area is 119 Å². The first-order chi connectivity index (χ1) is 9.66. The number of benzene rings is 1. The number of nitrogens with zero attached hydrogens (tertiary/aromatic N) is 1. The molecule has 0 aliphatic carbocycles. The number of carboxylic acids is 1. The number of hydrogen-bond acceptors (Lipinski definition) is 2. The van der Waals surface area contributed by atoms with Crippen LogP contribution in [0.3, 0.4) is 0 Å². The van der Waals surface area contributed by atoms with E-state index in [0.717, 1.165) is 16.8 Å². The van der Waals surface area contributed by atoms with Crippen LogP contribution in [0.15, 0.2) is 48.7 Å². The summed E-state index contributed by atoms with van der Waals surface area (Å²) in [5, 5.41) is 9.38. The van der Waals surface area contributed by atoms with Crippen molar-refractivity contribution in [3.8, 4) is 0 Å². The summed E-state index contributed by atoms with van der Waals surface area (Å²) in [4.78, 5) is 15.7. The average Bonchev–Trinajstić information content (AvgIpc) is 2.46. The maximum absolute atomic E-state index is 11.4. The Morgan fingerprint density at radius 2 is 1.95 bits per heavy atom. The first-order valence-corrected chi connectivity index (χ1v) is 6.84. The van der Waals surface area contributed by atoms with Crippen molar-refractivity contribution in [3.05, 3.63) is 65.5 Å². The van der Waals surface area contributed by atoms with Crippen LogP contribution in [0.4, 0.5) is 0 Å². The molecule has 3 nitrogen and oxygen atoms in total. The monoisotopic (exact) mass is 269 g/mol. The van der Waals surface area contributed by atoms with Crippen molar-refractivity contribution in [2.24, 2.45) is 5.92 Å². The van der Waals surface area contributed by atoms with Crippen molar-refractivity contribution >= 4 is 5.97 Å². The van der Waals surface area contributed by atoms with Gasteiger partial charge in [-0.2, -0.15) is 0 Å². The van der Waals surface area contributed by atoms with Crippen LogP contribution < -0.4 is 0 Å². The maximum atomic E-state index is 11.4. The molecule has 2 rings (SSSR count). The molecule has 3 heteroatoms. The Morgan fingerprint density at radius 1 is 1.20 bits per heavy atom. The summed E-state index contributed by atoms with van der Waals surface area (Å²) in [5.74, 6) is -1.10. The minimum atomic E-state index is -0.732. The number of carboxylic acid groups (broad SMARTS) is 1. The smallest absolute Gasteiger partial charge is 0.306 e. The molecule has 0 aliphatic rings. The average molecular weight is 269 g/mol. The fourth-order valence-corrected chi connectivity index (χ4v) is 2.29. The normalized spacial score (nSPS) is 12.1. The standard InChI is InChI=1S/C17H19NO2/c1-13-6-2-3-7-14(13)12-15(17(19)20)9-10-16-8-4-5-11-18-16/h2-8,11,15H,9-10,12H2,1H3,(H,19,20). The molecule has 1 unspecified atom stereocenters. The van der Waals surface area contributed by atoms with Gasteiger partial charge in [-0.25, -0.2) is 0 Å². The van der Waals surface area contributed by atoms with Gasteiger partial charge in [-0.1, -0.05) is 30.3 Å². The molecule has 0 fully saturated rings. The first-order valence-electron chi connectivity index (χ1n) is 6.84. The van der Waals surface area contributed by atoms with E-state index in [2.05, 4.69) is 4.98 Å². The Kier molecular flexibility index (Phi) is 4.88. The SMILES string of the molecule is Cc1ccccc1CC(CCc1ccccn1)C(=O)O. The van der Waals surface area contributed by atoms with E-state index in [1.807, 2.05) is 49.4 Å².